The smallest absolute Gasteiger partial charge is 0.294 e. The van der Waals surface area contributed by atoms with Crippen molar-refractivity contribution in [1.29, 1.82) is 0 Å². The molecule has 1 aromatic heterocycles. The van der Waals surface area contributed by atoms with Gasteiger partial charge in [-0.2, -0.15) is 0 Å². The molecule has 1 N–H and O–H groups in total. The molecule has 1 aromatic rings. The molecular formula is C11H22N4OS. The van der Waals surface area contributed by atoms with Crippen LogP contribution in [0, 0.1) is 0 Å². The summed E-state index contributed by atoms with van der Waals surface area (Å²) in [6.07, 6.45) is 0. The lowest BCUT2D eigenvalue weighted by Crippen LogP contribution is -2.35. The molecule has 0 saturated carbocycles. The lowest BCUT2D eigenvalue weighted by molar-refractivity contribution is 0.259. The predicted octanol–water partition coefficient (Wildman–Crippen LogP) is 1.37. The van der Waals surface area contributed by atoms with Gasteiger partial charge in [0.15, 0.2) is 0 Å². The Kier molecular flexibility index (Phi) is 5.30. The maximum atomic E-state index is 5.50. The minimum atomic E-state index is 0.0949. The van der Waals surface area contributed by atoms with Gasteiger partial charge in [-0.05, 0) is 34.9 Å². The summed E-state index contributed by atoms with van der Waals surface area (Å²) in [6.45, 7) is 8.65. The zero-order chi connectivity index (χ0) is 12.9. The molecule has 0 saturated heterocycles. The highest BCUT2D eigenvalue weighted by Gasteiger charge is 2.11. The minimum Gasteiger partial charge on any atom is -0.468 e. The van der Waals surface area contributed by atoms with E-state index in [0.29, 0.717) is 11.8 Å². The van der Waals surface area contributed by atoms with E-state index < -0.39 is 0 Å². The van der Waals surface area contributed by atoms with Crippen molar-refractivity contribution in [3.8, 4) is 5.19 Å². The van der Waals surface area contributed by atoms with E-state index >= 15 is 0 Å². The Labute approximate surface area is 107 Å². The largest absolute Gasteiger partial charge is 0.468 e. The summed E-state index contributed by atoms with van der Waals surface area (Å²) in [7, 11) is 4.03. The number of rotatable bonds is 6. The Morgan fingerprint density at radius 3 is 2.59 bits per heavy atom. The van der Waals surface area contributed by atoms with Crippen LogP contribution >= 0.6 is 11.3 Å². The summed E-state index contributed by atoms with van der Waals surface area (Å²) in [5, 5.41) is 13.1. The van der Waals surface area contributed by atoms with Crippen LogP contribution in [0.3, 0.4) is 0 Å². The summed E-state index contributed by atoms with van der Waals surface area (Å²) in [6, 6.07) is 0. The Hall–Kier alpha value is -0.720. The van der Waals surface area contributed by atoms with Crippen LogP contribution in [-0.2, 0) is 6.54 Å². The van der Waals surface area contributed by atoms with Crippen molar-refractivity contribution < 1.29 is 4.74 Å². The predicted molar refractivity (Wildman–Crippen MR) is 70.6 cm³/mol. The van der Waals surface area contributed by atoms with Gasteiger partial charge in [0.05, 0.1) is 6.54 Å². The van der Waals surface area contributed by atoms with Crippen molar-refractivity contribution in [2.75, 3.05) is 27.2 Å². The average molecular weight is 258 g/mol. The van der Waals surface area contributed by atoms with Gasteiger partial charge in [-0.1, -0.05) is 11.3 Å². The van der Waals surface area contributed by atoms with Gasteiger partial charge in [0.2, 0.25) is 0 Å². The van der Waals surface area contributed by atoms with Gasteiger partial charge >= 0.3 is 0 Å². The fraction of sp³-hybridized carbons (Fsp3) is 0.818. The van der Waals surface area contributed by atoms with Crippen LogP contribution in [-0.4, -0.2) is 47.9 Å². The molecule has 0 bridgehead atoms. The van der Waals surface area contributed by atoms with Gasteiger partial charge in [0.25, 0.3) is 5.19 Å². The van der Waals surface area contributed by atoms with Crippen LogP contribution < -0.4 is 10.1 Å². The van der Waals surface area contributed by atoms with Crippen molar-refractivity contribution in [3.05, 3.63) is 5.01 Å². The van der Waals surface area contributed by atoms with E-state index in [-0.39, 0.29) is 5.54 Å². The molecule has 1 heterocycles. The molecule has 0 aliphatic heterocycles. The highest BCUT2D eigenvalue weighted by molar-refractivity contribution is 7.13. The molecule has 0 radical (unpaired) electrons. The first-order valence-electron chi connectivity index (χ1n) is 5.72. The number of nitrogens with one attached hydrogen (secondary N) is 1. The number of likely N-dealkylation sites (N-methyl/N-ethyl adjacent to an activating group) is 1. The van der Waals surface area contributed by atoms with Crippen LogP contribution in [0.1, 0.15) is 25.8 Å². The van der Waals surface area contributed by atoms with Gasteiger partial charge in [0, 0.05) is 12.1 Å². The molecular weight excluding hydrogens is 236 g/mol. The number of aromatic nitrogens is 2. The highest BCUT2D eigenvalue weighted by atomic mass is 32.1. The normalized spacial score (nSPS) is 12.1. The molecule has 6 heteroatoms. The second-order valence-electron chi connectivity index (χ2n) is 5.22. The molecule has 0 aliphatic rings. The van der Waals surface area contributed by atoms with Gasteiger partial charge in [0.1, 0.15) is 11.6 Å². The molecule has 0 fully saturated rings. The van der Waals surface area contributed by atoms with Crippen LogP contribution in [0.15, 0.2) is 0 Å². The fourth-order valence-electron chi connectivity index (χ4n) is 1.02. The van der Waals surface area contributed by atoms with E-state index in [1.807, 2.05) is 14.1 Å². The first-order chi connectivity index (χ1) is 7.87. The van der Waals surface area contributed by atoms with E-state index in [1.54, 1.807) is 0 Å². The van der Waals surface area contributed by atoms with Crippen molar-refractivity contribution in [3.63, 3.8) is 0 Å². The maximum Gasteiger partial charge on any atom is 0.294 e. The Bertz CT molecular complexity index is 332. The minimum absolute atomic E-state index is 0.0949. The third kappa shape index (κ3) is 6.55. The summed E-state index contributed by atoms with van der Waals surface area (Å²) < 4.78 is 5.50. The number of nitrogens with zero attached hydrogens (tertiary/aromatic N) is 3. The zero-order valence-electron chi connectivity index (χ0n) is 11.3. The molecule has 0 aliphatic carbocycles. The molecule has 0 spiro atoms. The van der Waals surface area contributed by atoms with Crippen LogP contribution in [0.2, 0.25) is 0 Å². The van der Waals surface area contributed by atoms with E-state index in [2.05, 4.69) is 41.2 Å². The second kappa shape index (κ2) is 6.28. The van der Waals surface area contributed by atoms with Crippen molar-refractivity contribution >= 4 is 11.3 Å². The topological polar surface area (TPSA) is 50.3 Å². The van der Waals surface area contributed by atoms with Gasteiger partial charge in [-0.3, -0.25) is 0 Å². The molecule has 17 heavy (non-hydrogen) atoms. The molecule has 1 rings (SSSR count). The molecule has 0 atom stereocenters. The van der Waals surface area contributed by atoms with E-state index in [4.69, 9.17) is 4.74 Å². The molecule has 0 aromatic carbocycles. The monoisotopic (exact) mass is 258 g/mol. The van der Waals surface area contributed by atoms with E-state index in [1.165, 1.54) is 11.3 Å². The summed E-state index contributed by atoms with van der Waals surface area (Å²) in [4.78, 5) is 2.07. The van der Waals surface area contributed by atoms with Gasteiger partial charge < -0.3 is 15.0 Å². The molecule has 5 nitrogen and oxygen atoms in total. The fourth-order valence-corrected chi connectivity index (χ4v) is 1.68. The number of hydrogen-bond donors (Lipinski definition) is 1. The second-order valence-corrected chi connectivity index (χ2v) is 6.24. The quantitative estimate of drug-likeness (QED) is 0.835. The Morgan fingerprint density at radius 1 is 1.29 bits per heavy atom. The van der Waals surface area contributed by atoms with Crippen molar-refractivity contribution in [2.45, 2.75) is 32.9 Å². The average Bonchev–Trinajstić information content (AvgIpc) is 2.61. The van der Waals surface area contributed by atoms with E-state index in [0.717, 1.165) is 18.1 Å². The highest BCUT2D eigenvalue weighted by Crippen LogP contribution is 2.18. The lowest BCUT2D eigenvalue weighted by atomic mass is 10.1. The Balaban J connectivity index is 2.32. The molecule has 98 valence electrons. The van der Waals surface area contributed by atoms with E-state index in [9.17, 15) is 0 Å². The van der Waals surface area contributed by atoms with Gasteiger partial charge in [-0.15, -0.1) is 10.2 Å². The third-order valence-electron chi connectivity index (χ3n) is 1.98. The lowest BCUT2D eigenvalue weighted by Gasteiger charge is -2.19. The standard InChI is InChI=1S/C11H22N4OS/c1-11(2,3)12-8-9-13-14-10(17-9)16-7-6-15(4)5/h12H,6-8H2,1-5H3. The van der Waals surface area contributed by atoms with Gasteiger partial charge in [-0.25, -0.2) is 0 Å². The van der Waals surface area contributed by atoms with Crippen LogP contribution in [0.4, 0.5) is 0 Å². The van der Waals surface area contributed by atoms with Crippen molar-refractivity contribution in [1.82, 2.24) is 20.4 Å². The Morgan fingerprint density at radius 2 is 2.00 bits per heavy atom. The maximum absolute atomic E-state index is 5.50. The number of ether oxygens (including phenoxy) is 1. The molecule has 0 unspecified atom stereocenters. The third-order valence-corrected chi connectivity index (χ3v) is 2.82. The summed E-state index contributed by atoms with van der Waals surface area (Å²) in [5.74, 6) is 0. The summed E-state index contributed by atoms with van der Waals surface area (Å²) in [5.41, 5.74) is 0.0949. The zero-order valence-corrected chi connectivity index (χ0v) is 12.1. The van der Waals surface area contributed by atoms with Crippen molar-refractivity contribution in [2.24, 2.45) is 0 Å². The first-order valence-corrected chi connectivity index (χ1v) is 6.53. The number of hydrogen-bond acceptors (Lipinski definition) is 6. The summed E-state index contributed by atoms with van der Waals surface area (Å²) >= 11 is 1.50. The SMILES string of the molecule is CN(C)CCOc1nnc(CNC(C)(C)C)s1. The van der Waals surface area contributed by atoms with Crippen LogP contribution in [0.5, 0.6) is 5.19 Å². The first kappa shape index (κ1) is 14.3. The molecule has 0 amide bonds. The van der Waals surface area contributed by atoms with Crippen LogP contribution in [0.25, 0.3) is 0 Å².